The summed E-state index contributed by atoms with van der Waals surface area (Å²) in [4.78, 5) is 37.4. The van der Waals surface area contributed by atoms with Crippen LogP contribution in [0.1, 0.15) is 0 Å². The molecule has 0 amide bonds. The quantitative estimate of drug-likeness (QED) is 0.112. The monoisotopic (exact) mass is 1280 g/mol. The lowest BCUT2D eigenvalue weighted by Crippen LogP contribution is -2.61. The fourth-order valence-corrected chi connectivity index (χ4v) is 14.9. The van der Waals surface area contributed by atoms with Crippen molar-refractivity contribution in [1.29, 1.82) is 0 Å². The Hall–Kier alpha value is -13.4. The molecule has 0 aliphatic carbocycles. The Kier molecular flexibility index (Phi) is 14.1. The maximum Gasteiger partial charge on any atom is 0.252 e. The lowest BCUT2D eigenvalue weighted by molar-refractivity contribution is 1.06. The number of nitrogens with zero attached hydrogens (tertiary/aromatic N) is 9. The second kappa shape index (κ2) is 24.3. The first kappa shape index (κ1) is 58.0. The summed E-state index contributed by atoms with van der Waals surface area (Å²) in [5.74, 6) is 3.15. The predicted octanol–water partition coefficient (Wildman–Crippen LogP) is 20.2. The van der Waals surface area contributed by atoms with Crippen LogP contribution in [0, 0.1) is 0 Å². The van der Waals surface area contributed by atoms with Crippen molar-refractivity contribution in [3.8, 4) is 107 Å². The number of benzene rings is 14. The number of para-hydroxylation sites is 4. The zero-order valence-electron chi connectivity index (χ0n) is 54.1. The van der Waals surface area contributed by atoms with E-state index in [-0.39, 0.29) is 6.71 Å². The van der Waals surface area contributed by atoms with Crippen LogP contribution in [0.2, 0.25) is 0 Å². The van der Waals surface area contributed by atoms with Gasteiger partial charge in [0.15, 0.2) is 34.9 Å². The number of aromatic nitrogens is 7. The standard InChI is InChI=1S/C90H58BN9/c1-8-27-59(28-9-1)64-47-51-77-72(56-64)73-57-65(60-29-10-2-11-30-60)48-52-78(73)100(77)79-53-49-68(89-93-85(61-31-12-3-13-32-61)92-86(94-89)62-33-14-4-15-34-62)58-74(79)90-96-87(63-35-16-5-17-36-63)95-88(97-90)67-38-26-37-66(55-67)71-50-54-82-83-84(71)99(70-41-20-7-21-42-70)81-46-25-23-44-76(81)91(83)75-43-22-24-45-80(75)98(82)69-39-18-6-19-40-69/h1-58H. The average molecular weight is 1280 g/mol. The van der Waals surface area contributed by atoms with E-state index in [0.29, 0.717) is 34.9 Å². The van der Waals surface area contributed by atoms with Crippen molar-refractivity contribution in [3.63, 3.8) is 0 Å². The molecule has 466 valence electrons. The second-order valence-corrected chi connectivity index (χ2v) is 25.3. The zero-order chi connectivity index (χ0) is 66.0. The molecule has 9 nitrogen and oxygen atoms in total. The molecular formula is C90H58BN9. The minimum atomic E-state index is -0.0660. The molecule has 0 saturated carbocycles. The summed E-state index contributed by atoms with van der Waals surface area (Å²) in [6.45, 7) is -0.0660. The van der Waals surface area contributed by atoms with Crippen molar-refractivity contribution in [3.05, 3.63) is 352 Å². The van der Waals surface area contributed by atoms with Crippen LogP contribution in [-0.2, 0) is 0 Å². The molecule has 0 atom stereocenters. The highest BCUT2D eigenvalue weighted by atomic mass is 15.2. The highest BCUT2D eigenvalue weighted by molar-refractivity contribution is 7.00. The van der Waals surface area contributed by atoms with Gasteiger partial charge in [-0.05, 0) is 135 Å². The van der Waals surface area contributed by atoms with Crippen LogP contribution in [0.15, 0.2) is 352 Å². The van der Waals surface area contributed by atoms with Gasteiger partial charge in [-0.2, -0.15) is 0 Å². The zero-order valence-corrected chi connectivity index (χ0v) is 54.1. The fourth-order valence-electron chi connectivity index (χ4n) is 14.9. The minimum absolute atomic E-state index is 0.0660. The molecule has 0 spiro atoms. The van der Waals surface area contributed by atoms with Crippen LogP contribution in [0.4, 0.5) is 34.1 Å². The molecule has 0 saturated heterocycles. The Balaban J connectivity index is 0.853. The number of anilines is 6. The van der Waals surface area contributed by atoms with Crippen LogP contribution in [0.5, 0.6) is 0 Å². The van der Waals surface area contributed by atoms with Crippen molar-refractivity contribution in [2.24, 2.45) is 0 Å². The summed E-state index contributed by atoms with van der Waals surface area (Å²) >= 11 is 0. The van der Waals surface area contributed by atoms with Crippen molar-refractivity contribution in [1.82, 2.24) is 34.5 Å². The first-order valence-corrected chi connectivity index (χ1v) is 33.8. The third-order valence-electron chi connectivity index (χ3n) is 19.5. The van der Waals surface area contributed by atoms with Gasteiger partial charge in [0.2, 0.25) is 0 Å². The van der Waals surface area contributed by atoms with E-state index in [1.54, 1.807) is 0 Å². The van der Waals surface area contributed by atoms with E-state index in [0.717, 1.165) is 128 Å². The molecule has 2 aliphatic rings. The summed E-state index contributed by atoms with van der Waals surface area (Å²) in [5.41, 5.74) is 24.9. The van der Waals surface area contributed by atoms with E-state index in [4.69, 9.17) is 29.9 Å². The molecule has 100 heavy (non-hydrogen) atoms. The summed E-state index contributed by atoms with van der Waals surface area (Å²) < 4.78 is 2.38. The Morgan fingerprint density at radius 2 is 0.590 bits per heavy atom. The second-order valence-electron chi connectivity index (χ2n) is 25.3. The Morgan fingerprint density at radius 1 is 0.220 bits per heavy atom. The Labute approximate surface area is 579 Å². The first-order valence-electron chi connectivity index (χ1n) is 33.8. The smallest absolute Gasteiger partial charge is 0.252 e. The van der Waals surface area contributed by atoms with E-state index >= 15 is 0 Å². The van der Waals surface area contributed by atoms with Crippen LogP contribution >= 0.6 is 0 Å². The van der Waals surface area contributed by atoms with Crippen LogP contribution in [0.25, 0.3) is 129 Å². The summed E-state index contributed by atoms with van der Waals surface area (Å²) in [6, 6.07) is 125. The van der Waals surface area contributed by atoms with Crippen molar-refractivity contribution < 1.29 is 0 Å². The third kappa shape index (κ3) is 10.0. The van der Waals surface area contributed by atoms with Gasteiger partial charge in [-0.25, -0.2) is 29.9 Å². The molecule has 19 rings (SSSR count). The summed E-state index contributed by atoms with van der Waals surface area (Å²) in [7, 11) is 0. The lowest BCUT2D eigenvalue weighted by Gasteiger charge is -2.45. The average Bonchev–Trinajstić information content (AvgIpc) is 0.732. The Morgan fingerprint density at radius 3 is 1.09 bits per heavy atom. The molecule has 5 heterocycles. The first-order chi connectivity index (χ1) is 49.6. The van der Waals surface area contributed by atoms with Gasteiger partial charge in [-0.3, -0.25) is 0 Å². The number of fused-ring (bicyclic) bond motifs is 7. The van der Waals surface area contributed by atoms with Crippen molar-refractivity contribution in [2.75, 3.05) is 9.80 Å². The topological polar surface area (TPSA) is 88.7 Å². The summed E-state index contributed by atoms with van der Waals surface area (Å²) in [5, 5.41) is 2.22. The van der Waals surface area contributed by atoms with Gasteiger partial charge in [-0.15, -0.1) is 0 Å². The highest BCUT2D eigenvalue weighted by Gasteiger charge is 2.44. The van der Waals surface area contributed by atoms with E-state index in [2.05, 4.69) is 287 Å². The number of hydrogen-bond acceptors (Lipinski definition) is 8. The number of hydrogen-bond donors (Lipinski definition) is 0. The van der Waals surface area contributed by atoms with Crippen molar-refractivity contribution in [2.45, 2.75) is 0 Å². The van der Waals surface area contributed by atoms with E-state index in [1.807, 2.05) is 78.9 Å². The molecule has 10 heteroatoms. The highest BCUT2D eigenvalue weighted by Crippen LogP contribution is 2.49. The Bertz CT molecular complexity index is 5810. The third-order valence-corrected chi connectivity index (χ3v) is 19.5. The van der Waals surface area contributed by atoms with Gasteiger partial charge < -0.3 is 14.4 Å². The molecule has 3 aromatic heterocycles. The number of rotatable bonds is 12. The van der Waals surface area contributed by atoms with Crippen molar-refractivity contribution >= 4 is 79.0 Å². The lowest BCUT2D eigenvalue weighted by atomic mass is 9.33. The normalized spacial score (nSPS) is 12.1. The largest absolute Gasteiger partial charge is 0.311 e. The summed E-state index contributed by atoms with van der Waals surface area (Å²) in [6.07, 6.45) is 0. The van der Waals surface area contributed by atoms with E-state index in [9.17, 15) is 0 Å². The fraction of sp³-hybridized carbons (Fsp3) is 0. The minimum Gasteiger partial charge on any atom is -0.311 e. The maximum atomic E-state index is 5.73. The molecule has 0 fully saturated rings. The van der Waals surface area contributed by atoms with Crippen LogP contribution in [-0.4, -0.2) is 41.2 Å². The molecule has 2 aliphatic heterocycles. The van der Waals surface area contributed by atoms with Gasteiger partial charge in [0.25, 0.3) is 6.71 Å². The van der Waals surface area contributed by atoms with Gasteiger partial charge in [0.1, 0.15) is 0 Å². The molecule has 0 bridgehead atoms. The van der Waals surface area contributed by atoms with E-state index < -0.39 is 0 Å². The van der Waals surface area contributed by atoms with Gasteiger partial charge >= 0.3 is 0 Å². The van der Waals surface area contributed by atoms with Gasteiger partial charge in [0.05, 0.1) is 22.4 Å². The van der Waals surface area contributed by atoms with E-state index in [1.165, 1.54) is 16.4 Å². The molecule has 0 unspecified atom stereocenters. The molecule has 0 radical (unpaired) electrons. The SMILES string of the molecule is c1ccc(-c2ccc3c(c2)c2cc(-c4ccccc4)ccc2n3-c2ccc(-c3nc(-c4ccccc4)nc(-c4ccccc4)n3)cc2-c2nc(-c3ccccc3)nc(-c3cccc(-c4ccc5c6c4N(c4ccccc4)c4ccccc4B6c4ccccc4N5c4ccccc4)c3)n2)cc1. The van der Waals surface area contributed by atoms with Crippen LogP contribution in [0.3, 0.4) is 0 Å². The molecule has 0 N–H and O–H groups in total. The molecular weight excluding hydrogens is 1220 g/mol. The molecule has 14 aromatic carbocycles. The molecule has 17 aromatic rings. The maximum absolute atomic E-state index is 5.73. The van der Waals surface area contributed by atoms with Crippen LogP contribution < -0.4 is 26.2 Å². The predicted molar refractivity (Wildman–Crippen MR) is 410 cm³/mol. The van der Waals surface area contributed by atoms with Gasteiger partial charge in [0, 0.05) is 78.2 Å². The van der Waals surface area contributed by atoms with Gasteiger partial charge in [-0.1, -0.05) is 261 Å².